The van der Waals surface area contributed by atoms with Gasteiger partial charge in [-0.3, -0.25) is 9.59 Å². The molecule has 0 saturated heterocycles. The van der Waals surface area contributed by atoms with Gasteiger partial charge in [0.15, 0.2) is 6.61 Å². The standard InChI is InChI=1S/C28H28BrCl3N2O3/c1-2-3-13-33-28(36)25(14-19-7-5-4-6-8-19)34(17-20-9-10-22(31)16-24(20)32)27(35)18-37-26-12-11-21(30)15-23(26)29/h4-12,15-16,25H,2-3,13-14,17-18H2,1H3,(H,33,36). The Morgan fingerprint density at radius 3 is 2.38 bits per heavy atom. The molecule has 1 atom stereocenters. The van der Waals surface area contributed by atoms with Crippen LogP contribution in [0.1, 0.15) is 30.9 Å². The zero-order valence-corrected chi connectivity index (χ0v) is 24.2. The highest BCUT2D eigenvalue weighted by Crippen LogP contribution is 2.28. The minimum Gasteiger partial charge on any atom is -0.483 e. The van der Waals surface area contributed by atoms with Gasteiger partial charge in [0.05, 0.1) is 4.47 Å². The summed E-state index contributed by atoms with van der Waals surface area (Å²) in [6.45, 7) is 2.41. The number of halogens is 4. The average molecular weight is 627 g/mol. The first-order chi connectivity index (χ1) is 17.8. The molecule has 0 aliphatic heterocycles. The SMILES string of the molecule is CCCCNC(=O)C(Cc1ccccc1)N(Cc1ccc(Cl)cc1Cl)C(=O)COc1ccc(Cl)cc1Br. The quantitative estimate of drug-likeness (QED) is 0.214. The van der Waals surface area contributed by atoms with E-state index in [4.69, 9.17) is 39.5 Å². The van der Waals surface area contributed by atoms with Crippen molar-refractivity contribution < 1.29 is 14.3 Å². The number of benzene rings is 3. The summed E-state index contributed by atoms with van der Waals surface area (Å²) in [5.41, 5.74) is 1.60. The molecular weight excluding hydrogens is 599 g/mol. The predicted molar refractivity (Wildman–Crippen MR) is 154 cm³/mol. The first kappa shape index (κ1) is 29.3. The minimum absolute atomic E-state index is 0.110. The summed E-state index contributed by atoms with van der Waals surface area (Å²) in [6, 6.07) is 18.9. The van der Waals surface area contributed by atoms with Crippen molar-refractivity contribution >= 4 is 62.5 Å². The van der Waals surface area contributed by atoms with Crippen molar-refractivity contribution in [2.24, 2.45) is 0 Å². The van der Waals surface area contributed by atoms with Gasteiger partial charge in [-0.15, -0.1) is 0 Å². The molecule has 0 spiro atoms. The lowest BCUT2D eigenvalue weighted by Gasteiger charge is -2.32. The van der Waals surface area contributed by atoms with Crippen LogP contribution in [0.3, 0.4) is 0 Å². The van der Waals surface area contributed by atoms with Gasteiger partial charge in [0.25, 0.3) is 5.91 Å². The maximum Gasteiger partial charge on any atom is 0.261 e. The van der Waals surface area contributed by atoms with Crippen LogP contribution in [0.15, 0.2) is 71.2 Å². The molecule has 3 aromatic carbocycles. The number of nitrogens with zero attached hydrogens (tertiary/aromatic N) is 1. The van der Waals surface area contributed by atoms with E-state index in [0.29, 0.717) is 43.8 Å². The van der Waals surface area contributed by atoms with Gasteiger partial charge in [0.2, 0.25) is 5.91 Å². The molecule has 0 aromatic heterocycles. The minimum atomic E-state index is -0.782. The molecule has 0 heterocycles. The fourth-order valence-electron chi connectivity index (χ4n) is 3.71. The highest BCUT2D eigenvalue weighted by atomic mass is 79.9. The van der Waals surface area contributed by atoms with Gasteiger partial charge in [0.1, 0.15) is 11.8 Å². The number of nitrogens with one attached hydrogen (secondary N) is 1. The Bertz CT molecular complexity index is 1210. The molecule has 0 bridgehead atoms. The predicted octanol–water partition coefficient (Wildman–Crippen LogP) is 7.34. The largest absolute Gasteiger partial charge is 0.483 e. The number of ether oxygens (including phenoxy) is 1. The Kier molecular flexibility index (Phi) is 11.6. The second kappa shape index (κ2) is 14.6. The van der Waals surface area contributed by atoms with Crippen molar-refractivity contribution in [2.75, 3.05) is 13.2 Å². The number of carbonyl (C=O) groups is 2. The molecule has 0 aliphatic rings. The number of hydrogen-bond acceptors (Lipinski definition) is 3. The third-order valence-electron chi connectivity index (χ3n) is 5.70. The number of carbonyl (C=O) groups excluding carboxylic acids is 2. The van der Waals surface area contributed by atoms with Gasteiger partial charge >= 0.3 is 0 Å². The van der Waals surface area contributed by atoms with E-state index in [-0.39, 0.29) is 25.0 Å². The third kappa shape index (κ3) is 8.92. The first-order valence-electron chi connectivity index (χ1n) is 11.9. The van der Waals surface area contributed by atoms with Gasteiger partial charge in [0, 0.05) is 34.6 Å². The third-order valence-corrected chi connectivity index (χ3v) is 7.14. The van der Waals surface area contributed by atoms with E-state index in [1.54, 1.807) is 36.4 Å². The summed E-state index contributed by atoms with van der Waals surface area (Å²) in [4.78, 5) is 28.6. The van der Waals surface area contributed by atoms with Gasteiger partial charge < -0.3 is 15.0 Å². The van der Waals surface area contributed by atoms with E-state index in [1.807, 2.05) is 30.3 Å². The van der Waals surface area contributed by atoms with Crippen molar-refractivity contribution in [1.29, 1.82) is 0 Å². The van der Waals surface area contributed by atoms with Crippen molar-refractivity contribution in [3.8, 4) is 5.75 Å². The van der Waals surface area contributed by atoms with Crippen LogP contribution in [0.25, 0.3) is 0 Å². The highest BCUT2D eigenvalue weighted by molar-refractivity contribution is 9.10. The van der Waals surface area contributed by atoms with Crippen LogP contribution in [-0.4, -0.2) is 35.9 Å². The fourth-order valence-corrected chi connectivity index (χ4v) is 4.97. The Balaban J connectivity index is 1.92. The molecule has 196 valence electrons. The second-order valence-electron chi connectivity index (χ2n) is 8.47. The molecule has 9 heteroatoms. The van der Waals surface area contributed by atoms with Gasteiger partial charge in [-0.1, -0.05) is 84.5 Å². The van der Waals surface area contributed by atoms with Crippen LogP contribution in [0.2, 0.25) is 15.1 Å². The zero-order chi connectivity index (χ0) is 26.8. The van der Waals surface area contributed by atoms with Crippen LogP contribution in [0.4, 0.5) is 0 Å². The lowest BCUT2D eigenvalue weighted by atomic mass is 10.0. The maximum absolute atomic E-state index is 13.7. The van der Waals surface area contributed by atoms with E-state index in [9.17, 15) is 9.59 Å². The molecule has 37 heavy (non-hydrogen) atoms. The summed E-state index contributed by atoms with van der Waals surface area (Å²) < 4.78 is 6.44. The Morgan fingerprint density at radius 1 is 1.00 bits per heavy atom. The summed E-state index contributed by atoms with van der Waals surface area (Å²) in [5.74, 6) is -0.128. The van der Waals surface area contributed by atoms with Crippen molar-refractivity contribution in [3.63, 3.8) is 0 Å². The lowest BCUT2D eigenvalue weighted by molar-refractivity contribution is -0.142. The van der Waals surface area contributed by atoms with E-state index in [2.05, 4.69) is 28.2 Å². The molecule has 0 fully saturated rings. The Labute approximate surface area is 241 Å². The Hall–Kier alpha value is -2.25. The van der Waals surface area contributed by atoms with Crippen molar-refractivity contribution in [1.82, 2.24) is 10.2 Å². The smallest absolute Gasteiger partial charge is 0.261 e. The zero-order valence-electron chi connectivity index (χ0n) is 20.4. The average Bonchev–Trinajstić information content (AvgIpc) is 2.87. The molecule has 1 unspecified atom stereocenters. The van der Waals surface area contributed by atoms with E-state index >= 15 is 0 Å². The normalized spacial score (nSPS) is 11.6. The lowest BCUT2D eigenvalue weighted by Crippen LogP contribution is -2.51. The summed E-state index contributed by atoms with van der Waals surface area (Å²) >= 11 is 22.0. The Morgan fingerprint density at radius 2 is 1.70 bits per heavy atom. The number of amides is 2. The van der Waals surface area contributed by atoms with E-state index < -0.39 is 6.04 Å². The van der Waals surface area contributed by atoms with Crippen molar-refractivity contribution in [2.45, 2.75) is 38.8 Å². The van der Waals surface area contributed by atoms with Crippen LogP contribution in [-0.2, 0) is 22.6 Å². The number of hydrogen-bond donors (Lipinski definition) is 1. The topological polar surface area (TPSA) is 58.6 Å². The molecule has 0 aliphatic carbocycles. The highest BCUT2D eigenvalue weighted by Gasteiger charge is 2.31. The van der Waals surface area contributed by atoms with Crippen LogP contribution >= 0.6 is 50.7 Å². The molecule has 1 N–H and O–H groups in total. The first-order valence-corrected chi connectivity index (χ1v) is 13.8. The fraction of sp³-hybridized carbons (Fsp3) is 0.286. The molecule has 0 saturated carbocycles. The van der Waals surface area contributed by atoms with Crippen LogP contribution in [0, 0.1) is 0 Å². The van der Waals surface area contributed by atoms with Crippen LogP contribution in [0.5, 0.6) is 5.75 Å². The monoisotopic (exact) mass is 624 g/mol. The second-order valence-corrected chi connectivity index (χ2v) is 10.6. The van der Waals surface area contributed by atoms with Crippen molar-refractivity contribution in [3.05, 3.63) is 97.4 Å². The molecule has 0 radical (unpaired) electrons. The van der Waals surface area contributed by atoms with Gasteiger partial charge in [-0.25, -0.2) is 0 Å². The summed E-state index contributed by atoms with van der Waals surface area (Å²) in [6.07, 6.45) is 2.12. The molecule has 3 aromatic rings. The van der Waals surface area contributed by atoms with Crippen LogP contribution < -0.4 is 10.1 Å². The van der Waals surface area contributed by atoms with E-state index in [1.165, 1.54) is 4.90 Å². The van der Waals surface area contributed by atoms with E-state index in [0.717, 1.165) is 18.4 Å². The number of unbranched alkanes of at least 4 members (excludes halogenated alkanes) is 1. The summed E-state index contributed by atoms with van der Waals surface area (Å²) in [5, 5.41) is 4.43. The number of rotatable bonds is 12. The molecule has 3 rings (SSSR count). The molecule has 2 amide bonds. The summed E-state index contributed by atoms with van der Waals surface area (Å²) in [7, 11) is 0. The molecular formula is C28H28BrCl3N2O3. The maximum atomic E-state index is 13.7. The van der Waals surface area contributed by atoms with Gasteiger partial charge in [-0.2, -0.15) is 0 Å². The molecule has 5 nitrogen and oxygen atoms in total. The van der Waals surface area contributed by atoms with Gasteiger partial charge in [-0.05, 0) is 63.8 Å².